The van der Waals surface area contributed by atoms with E-state index in [1.807, 2.05) is 34.1 Å². The van der Waals surface area contributed by atoms with Gasteiger partial charge in [0.1, 0.15) is 11.8 Å². The summed E-state index contributed by atoms with van der Waals surface area (Å²) in [6.45, 7) is 4.57. The molecule has 0 aromatic heterocycles. The van der Waals surface area contributed by atoms with Gasteiger partial charge in [0.25, 0.3) is 0 Å². The van der Waals surface area contributed by atoms with Crippen LogP contribution in [0.5, 0.6) is 5.75 Å². The Morgan fingerprint density at radius 3 is 2.20 bits per heavy atom. The molecule has 2 aromatic rings. The lowest BCUT2D eigenvalue weighted by molar-refractivity contribution is -0.135. The molecular formula is C34H44Br2N6O4. The minimum absolute atomic E-state index is 0.0336. The molecule has 4 aliphatic rings. The lowest BCUT2D eigenvalue weighted by Gasteiger charge is -2.41. The van der Waals surface area contributed by atoms with Crippen LogP contribution < -0.4 is 10.6 Å². The molecule has 5 amide bonds. The molecule has 248 valence electrons. The molecule has 2 saturated heterocycles. The molecule has 3 N–H and O–H groups in total. The van der Waals surface area contributed by atoms with E-state index in [0.717, 1.165) is 29.9 Å². The third-order valence-electron chi connectivity index (χ3n) is 10.1. The molecule has 1 atom stereocenters. The second-order valence-corrected chi connectivity index (χ2v) is 14.8. The van der Waals surface area contributed by atoms with E-state index in [0.29, 0.717) is 67.0 Å². The monoisotopic (exact) mass is 758 g/mol. The summed E-state index contributed by atoms with van der Waals surface area (Å²) in [6.07, 6.45) is 9.32. The fourth-order valence-corrected chi connectivity index (χ4v) is 8.74. The number of para-hydroxylation sites is 1. The van der Waals surface area contributed by atoms with Gasteiger partial charge >= 0.3 is 12.1 Å². The van der Waals surface area contributed by atoms with Crippen molar-refractivity contribution in [2.75, 3.05) is 44.6 Å². The number of nitrogens with one attached hydrogen (secondary N) is 2. The Bertz CT molecular complexity index is 1400. The summed E-state index contributed by atoms with van der Waals surface area (Å²) in [4.78, 5) is 48.7. The summed E-state index contributed by atoms with van der Waals surface area (Å²) in [5.41, 5.74) is 2.77. The second-order valence-electron chi connectivity index (χ2n) is 13.1. The normalized spacial score (nSPS) is 20.9. The molecule has 2 aromatic carbocycles. The van der Waals surface area contributed by atoms with Crippen molar-refractivity contribution in [3.05, 3.63) is 56.5 Å². The maximum Gasteiger partial charge on any atom is 0.322 e. The number of anilines is 1. The number of benzene rings is 2. The van der Waals surface area contributed by atoms with E-state index in [1.54, 1.807) is 17.0 Å². The lowest BCUT2D eigenvalue weighted by Crippen LogP contribution is -2.59. The number of urea groups is 2. The zero-order chi connectivity index (χ0) is 32.2. The first-order valence-electron chi connectivity index (χ1n) is 16.7. The highest BCUT2D eigenvalue weighted by atomic mass is 79.9. The number of piperazine rings is 1. The molecule has 12 heteroatoms. The second kappa shape index (κ2) is 14.9. The van der Waals surface area contributed by atoms with Gasteiger partial charge in [0.15, 0.2) is 0 Å². The number of carbonyl (C=O) groups excluding carboxylic acids is 3. The van der Waals surface area contributed by atoms with Crippen molar-refractivity contribution >= 4 is 55.5 Å². The van der Waals surface area contributed by atoms with E-state index in [2.05, 4.69) is 47.4 Å². The molecule has 3 heterocycles. The number of amides is 5. The number of hydrogen-bond donors (Lipinski definition) is 3. The first-order chi connectivity index (χ1) is 22.3. The fraction of sp³-hybridized carbons (Fsp3) is 0.559. The highest BCUT2D eigenvalue weighted by Gasteiger charge is 2.35. The largest absolute Gasteiger partial charge is 0.506 e. The van der Waals surface area contributed by atoms with Crippen molar-refractivity contribution in [2.45, 2.75) is 82.5 Å². The average molecular weight is 761 g/mol. The summed E-state index contributed by atoms with van der Waals surface area (Å²) in [5.74, 6) is 0.0202. The number of piperidine rings is 1. The van der Waals surface area contributed by atoms with Crippen molar-refractivity contribution in [3.8, 4) is 5.75 Å². The summed E-state index contributed by atoms with van der Waals surface area (Å²) >= 11 is 6.81. The van der Waals surface area contributed by atoms with Crippen molar-refractivity contribution in [2.24, 2.45) is 0 Å². The number of nitrogens with zero attached hydrogens (tertiary/aromatic N) is 4. The van der Waals surface area contributed by atoms with Crippen LogP contribution in [0, 0.1) is 0 Å². The van der Waals surface area contributed by atoms with Gasteiger partial charge in [-0.15, -0.1) is 0 Å². The molecular weight excluding hydrogens is 716 g/mol. The Morgan fingerprint density at radius 2 is 1.52 bits per heavy atom. The van der Waals surface area contributed by atoms with E-state index in [9.17, 15) is 19.5 Å². The zero-order valence-electron chi connectivity index (χ0n) is 26.2. The SMILES string of the molecule is O=C(N[C@H](Cc1cc(Br)c(O)c(Br)c1)C(=O)N1CCN(C2CCCCCC2)CC1)N1CCC(N2Cc3ccccc3NC2=O)CC1. The molecule has 10 nitrogen and oxygen atoms in total. The predicted molar refractivity (Wildman–Crippen MR) is 185 cm³/mol. The summed E-state index contributed by atoms with van der Waals surface area (Å²) in [7, 11) is 0. The van der Waals surface area contributed by atoms with Crippen LogP contribution in [0.3, 0.4) is 0 Å². The molecule has 46 heavy (non-hydrogen) atoms. The van der Waals surface area contributed by atoms with Crippen LogP contribution in [-0.2, 0) is 17.8 Å². The third kappa shape index (κ3) is 7.65. The zero-order valence-corrected chi connectivity index (χ0v) is 29.4. The molecule has 0 spiro atoms. The molecule has 3 fully saturated rings. The number of likely N-dealkylation sites (tertiary alicyclic amines) is 1. The van der Waals surface area contributed by atoms with Gasteiger partial charge in [-0.3, -0.25) is 9.69 Å². The van der Waals surface area contributed by atoms with E-state index >= 15 is 0 Å². The Hall–Kier alpha value is -2.83. The number of aromatic hydroxyl groups is 1. The highest BCUT2D eigenvalue weighted by molar-refractivity contribution is 9.11. The topological polar surface area (TPSA) is 108 Å². The maximum atomic E-state index is 14.0. The Morgan fingerprint density at radius 1 is 0.870 bits per heavy atom. The van der Waals surface area contributed by atoms with Gasteiger partial charge in [0.2, 0.25) is 5.91 Å². The molecule has 0 radical (unpaired) electrons. The summed E-state index contributed by atoms with van der Waals surface area (Å²) in [6, 6.07) is 11.0. The number of halogens is 2. The van der Waals surface area contributed by atoms with Crippen molar-refractivity contribution in [1.29, 1.82) is 0 Å². The molecule has 0 unspecified atom stereocenters. The third-order valence-corrected chi connectivity index (χ3v) is 11.3. The van der Waals surface area contributed by atoms with Gasteiger partial charge in [0.05, 0.1) is 8.95 Å². The number of fused-ring (bicyclic) bond motifs is 1. The van der Waals surface area contributed by atoms with Crippen LogP contribution >= 0.6 is 31.9 Å². The minimum atomic E-state index is -0.748. The minimum Gasteiger partial charge on any atom is -0.506 e. The van der Waals surface area contributed by atoms with E-state index < -0.39 is 6.04 Å². The van der Waals surface area contributed by atoms with Crippen LogP contribution in [0.15, 0.2) is 45.3 Å². The van der Waals surface area contributed by atoms with Crippen molar-refractivity contribution in [3.63, 3.8) is 0 Å². The van der Waals surface area contributed by atoms with Crippen molar-refractivity contribution in [1.82, 2.24) is 24.9 Å². The first-order valence-corrected chi connectivity index (χ1v) is 18.3. The van der Waals surface area contributed by atoms with Crippen LogP contribution in [0.1, 0.15) is 62.5 Å². The Kier molecular flexibility index (Phi) is 10.7. The number of phenols is 1. The lowest BCUT2D eigenvalue weighted by atomic mass is 10.0. The van der Waals surface area contributed by atoms with E-state index in [-0.39, 0.29) is 29.8 Å². The van der Waals surface area contributed by atoms with Gasteiger partial charge in [0, 0.05) is 70.0 Å². The van der Waals surface area contributed by atoms with Gasteiger partial charge in [-0.2, -0.15) is 0 Å². The van der Waals surface area contributed by atoms with Crippen LogP contribution in [0.4, 0.5) is 15.3 Å². The molecule has 1 aliphatic carbocycles. The number of phenolic OH excluding ortho intramolecular Hbond substituents is 1. The smallest absolute Gasteiger partial charge is 0.322 e. The van der Waals surface area contributed by atoms with Crippen LogP contribution in [-0.4, -0.2) is 100 Å². The summed E-state index contributed by atoms with van der Waals surface area (Å²) in [5, 5.41) is 16.3. The summed E-state index contributed by atoms with van der Waals surface area (Å²) < 4.78 is 1.05. The predicted octanol–water partition coefficient (Wildman–Crippen LogP) is 5.92. The van der Waals surface area contributed by atoms with Gasteiger partial charge < -0.3 is 30.4 Å². The quantitative estimate of drug-likeness (QED) is 0.318. The van der Waals surface area contributed by atoms with Gasteiger partial charge in [-0.1, -0.05) is 43.9 Å². The molecule has 6 rings (SSSR count). The number of rotatable bonds is 6. The average Bonchev–Trinajstić information content (AvgIpc) is 3.36. The Balaban J connectivity index is 1.09. The Labute approximate surface area is 288 Å². The maximum absolute atomic E-state index is 14.0. The van der Waals surface area contributed by atoms with Crippen molar-refractivity contribution < 1.29 is 19.5 Å². The van der Waals surface area contributed by atoms with Crippen LogP contribution in [0.2, 0.25) is 0 Å². The van der Waals surface area contributed by atoms with Gasteiger partial charge in [-0.25, -0.2) is 9.59 Å². The van der Waals surface area contributed by atoms with Gasteiger partial charge in [-0.05, 0) is 86.9 Å². The number of carbonyl (C=O) groups is 3. The first kappa shape index (κ1) is 33.1. The number of hydrogen-bond acceptors (Lipinski definition) is 5. The molecule has 3 aliphatic heterocycles. The standard InChI is InChI=1S/C34H44Br2N6O4/c35-27-19-23(20-28(36)31(27)43)21-30(32(44)40-17-15-39(16-18-40)25-8-3-1-2-4-9-25)38-33(45)41-13-11-26(12-14-41)42-22-24-7-5-6-10-29(24)37-34(42)46/h5-7,10,19-20,25-26,30,43H,1-4,8-9,11-18,21-22H2,(H,37,46)(H,38,45)/t30-/m1/s1. The van der Waals surface area contributed by atoms with E-state index in [1.165, 1.54) is 38.5 Å². The highest BCUT2D eigenvalue weighted by Crippen LogP contribution is 2.34. The fourth-order valence-electron chi connectivity index (χ4n) is 7.46. The van der Waals surface area contributed by atoms with Crippen LogP contribution in [0.25, 0.3) is 0 Å². The molecule has 0 bridgehead atoms. The molecule has 1 saturated carbocycles. The van der Waals surface area contributed by atoms with E-state index in [4.69, 9.17) is 0 Å².